The van der Waals surface area contributed by atoms with Gasteiger partial charge in [-0.25, -0.2) is 18.1 Å². The number of hydrogen-bond acceptors (Lipinski definition) is 3. The van der Waals surface area contributed by atoms with Crippen LogP contribution in [0, 0.1) is 6.92 Å². The minimum Gasteiger partial charge on any atom is -0.307 e. The van der Waals surface area contributed by atoms with Crippen LogP contribution in [0.5, 0.6) is 0 Å². The van der Waals surface area contributed by atoms with Gasteiger partial charge in [0.25, 0.3) is 0 Å². The predicted molar refractivity (Wildman–Crippen MR) is 93.0 cm³/mol. The third kappa shape index (κ3) is 3.63. The molecule has 0 aliphatic carbocycles. The molecule has 0 atom stereocenters. The van der Waals surface area contributed by atoms with Crippen molar-refractivity contribution in [1.29, 1.82) is 0 Å². The van der Waals surface area contributed by atoms with E-state index in [0.29, 0.717) is 17.4 Å². The van der Waals surface area contributed by atoms with Gasteiger partial charge in [-0.3, -0.25) is 0 Å². The summed E-state index contributed by atoms with van der Waals surface area (Å²) in [5.74, 6) is 0. The maximum absolute atomic E-state index is 12.4. The molecule has 7 heteroatoms. The lowest BCUT2D eigenvalue weighted by Crippen LogP contribution is -2.26. The molecule has 0 amide bonds. The fraction of sp³-hybridized carbons (Fsp3) is 0.188. The van der Waals surface area contributed by atoms with Crippen molar-refractivity contribution < 1.29 is 8.42 Å². The highest BCUT2D eigenvalue weighted by molar-refractivity contribution is 9.10. The fourth-order valence-electron chi connectivity index (χ4n) is 2.32. The number of halogens is 1. The summed E-state index contributed by atoms with van der Waals surface area (Å²) in [5, 5.41) is 0. The number of sulfonamides is 1. The number of pyridine rings is 1. The lowest BCUT2D eigenvalue weighted by atomic mass is 10.2. The van der Waals surface area contributed by atoms with Gasteiger partial charge in [-0.1, -0.05) is 12.1 Å². The zero-order valence-corrected chi connectivity index (χ0v) is 14.9. The van der Waals surface area contributed by atoms with E-state index in [9.17, 15) is 8.42 Å². The first kappa shape index (κ1) is 16.2. The van der Waals surface area contributed by atoms with Crippen LogP contribution in [0.15, 0.2) is 58.2 Å². The minimum absolute atomic E-state index is 0.248. The summed E-state index contributed by atoms with van der Waals surface area (Å²) in [4.78, 5) is 4.70. The normalized spacial score (nSPS) is 11.9. The average molecular weight is 394 g/mol. The Labute approximate surface area is 143 Å². The van der Waals surface area contributed by atoms with E-state index in [1.165, 1.54) is 0 Å². The monoisotopic (exact) mass is 393 g/mol. The van der Waals surface area contributed by atoms with Gasteiger partial charge in [0.15, 0.2) is 0 Å². The Balaban J connectivity index is 1.69. The molecule has 23 heavy (non-hydrogen) atoms. The molecule has 0 fully saturated rings. The van der Waals surface area contributed by atoms with Gasteiger partial charge in [0, 0.05) is 29.8 Å². The molecule has 0 aliphatic rings. The molecule has 0 bridgehead atoms. The first-order valence-corrected chi connectivity index (χ1v) is 9.42. The number of benzene rings is 1. The molecule has 0 radical (unpaired) electrons. The van der Waals surface area contributed by atoms with Gasteiger partial charge in [-0.2, -0.15) is 0 Å². The molecule has 120 valence electrons. The van der Waals surface area contributed by atoms with Crippen LogP contribution in [-0.2, 0) is 16.4 Å². The van der Waals surface area contributed by atoms with E-state index in [0.717, 1.165) is 16.9 Å². The molecular formula is C16H16BrN3O2S. The minimum atomic E-state index is -3.54. The molecule has 2 heterocycles. The van der Waals surface area contributed by atoms with Crippen LogP contribution in [0.25, 0.3) is 5.65 Å². The van der Waals surface area contributed by atoms with E-state index in [1.54, 1.807) is 18.2 Å². The number of aromatic nitrogens is 2. The van der Waals surface area contributed by atoms with Gasteiger partial charge >= 0.3 is 0 Å². The fourth-order valence-corrected chi connectivity index (χ4v) is 4.54. The lowest BCUT2D eigenvalue weighted by Gasteiger charge is -2.08. The lowest BCUT2D eigenvalue weighted by molar-refractivity contribution is 0.581. The second-order valence-electron chi connectivity index (χ2n) is 5.28. The van der Waals surface area contributed by atoms with Gasteiger partial charge in [0.2, 0.25) is 10.0 Å². The maximum atomic E-state index is 12.4. The highest BCUT2D eigenvalue weighted by atomic mass is 79.9. The van der Waals surface area contributed by atoms with E-state index < -0.39 is 10.0 Å². The highest BCUT2D eigenvalue weighted by Crippen LogP contribution is 2.22. The van der Waals surface area contributed by atoms with Crippen molar-refractivity contribution in [2.45, 2.75) is 18.2 Å². The van der Waals surface area contributed by atoms with Crippen LogP contribution in [0.4, 0.5) is 0 Å². The summed E-state index contributed by atoms with van der Waals surface area (Å²) in [6, 6.07) is 10.9. The molecule has 1 N–H and O–H groups in total. The van der Waals surface area contributed by atoms with Gasteiger partial charge in [-0.15, -0.1) is 0 Å². The second-order valence-corrected chi connectivity index (χ2v) is 7.87. The Morgan fingerprint density at radius 3 is 2.83 bits per heavy atom. The van der Waals surface area contributed by atoms with E-state index in [2.05, 4.69) is 25.6 Å². The number of aryl methyl sites for hydroxylation is 1. The molecule has 0 unspecified atom stereocenters. The molecule has 3 rings (SSSR count). The summed E-state index contributed by atoms with van der Waals surface area (Å²) < 4.78 is 29.8. The summed E-state index contributed by atoms with van der Waals surface area (Å²) in [5.41, 5.74) is 2.70. The summed E-state index contributed by atoms with van der Waals surface area (Å²) in [7, 11) is -3.54. The molecule has 0 aliphatic heterocycles. The molecule has 2 aromatic heterocycles. The van der Waals surface area contributed by atoms with Crippen molar-refractivity contribution in [1.82, 2.24) is 14.1 Å². The number of fused-ring (bicyclic) bond motifs is 1. The molecular weight excluding hydrogens is 378 g/mol. The number of rotatable bonds is 5. The van der Waals surface area contributed by atoms with Crippen LogP contribution < -0.4 is 4.72 Å². The smallest absolute Gasteiger partial charge is 0.241 e. The number of nitrogens with one attached hydrogen (secondary N) is 1. The van der Waals surface area contributed by atoms with Crippen molar-refractivity contribution >= 4 is 31.6 Å². The SMILES string of the molecule is Cc1ccc(S(=O)(=O)NCCc2cn3ccccc3n2)c(Br)c1. The first-order chi connectivity index (χ1) is 11.0. The molecule has 0 saturated heterocycles. The maximum Gasteiger partial charge on any atom is 0.241 e. The number of hydrogen-bond donors (Lipinski definition) is 1. The second kappa shape index (κ2) is 6.43. The molecule has 0 saturated carbocycles. The Kier molecular flexibility index (Phi) is 4.52. The zero-order valence-electron chi connectivity index (χ0n) is 12.5. The first-order valence-electron chi connectivity index (χ1n) is 7.14. The Morgan fingerprint density at radius 1 is 1.26 bits per heavy atom. The molecule has 0 spiro atoms. The Bertz CT molecular complexity index is 918. The van der Waals surface area contributed by atoms with Gasteiger partial charge in [0.1, 0.15) is 5.65 Å². The summed E-state index contributed by atoms with van der Waals surface area (Å²) in [6.45, 7) is 2.21. The van der Waals surface area contributed by atoms with E-state index in [-0.39, 0.29) is 4.90 Å². The predicted octanol–water partition coefficient (Wildman–Crippen LogP) is 2.93. The Morgan fingerprint density at radius 2 is 2.09 bits per heavy atom. The molecule has 5 nitrogen and oxygen atoms in total. The third-order valence-corrected chi connectivity index (χ3v) is 5.90. The summed E-state index contributed by atoms with van der Waals surface area (Å²) in [6.07, 6.45) is 4.36. The van der Waals surface area contributed by atoms with Crippen LogP contribution in [0.2, 0.25) is 0 Å². The molecule has 1 aromatic carbocycles. The largest absolute Gasteiger partial charge is 0.307 e. The molecule has 3 aromatic rings. The van der Waals surface area contributed by atoms with Gasteiger partial charge in [0.05, 0.1) is 10.6 Å². The average Bonchev–Trinajstić information content (AvgIpc) is 2.89. The third-order valence-electron chi connectivity index (χ3n) is 3.46. The van der Waals surface area contributed by atoms with Crippen LogP contribution in [0.1, 0.15) is 11.3 Å². The van der Waals surface area contributed by atoms with E-state index in [1.807, 2.05) is 41.9 Å². The van der Waals surface area contributed by atoms with Crippen molar-refractivity contribution in [3.05, 3.63) is 64.5 Å². The van der Waals surface area contributed by atoms with Gasteiger partial charge in [-0.05, 0) is 52.7 Å². The van der Waals surface area contributed by atoms with Crippen LogP contribution in [0.3, 0.4) is 0 Å². The summed E-state index contributed by atoms with van der Waals surface area (Å²) >= 11 is 3.31. The van der Waals surface area contributed by atoms with Crippen molar-refractivity contribution in [2.24, 2.45) is 0 Å². The topological polar surface area (TPSA) is 63.5 Å². The van der Waals surface area contributed by atoms with Crippen molar-refractivity contribution in [3.63, 3.8) is 0 Å². The number of nitrogens with zero attached hydrogens (tertiary/aromatic N) is 2. The van der Waals surface area contributed by atoms with Crippen molar-refractivity contribution in [2.75, 3.05) is 6.54 Å². The highest BCUT2D eigenvalue weighted by Gasteiger charge is 2.17. The van der Waals surface area contributed by atoms with Crippen LogP contribution >= 0.6 is 15.9 Å². The zero-order chi connectivity index (χ0) is 16.4. The standard InChI is InChI=1S/C16H16BrN3O2S/c1-12-5-6-15(14(17)10-12)23(21,22)18-8-7-13-11-20-9-3-2-4-16(20)19-13/h2-6,9-11,18H,7-8H2,1H3. The Hall–Kier alpha value is -1.70. The van der Waals surface area contributed by atoms with Gasteiger partial charge < -0.3 is 4.40 Å². The van der Waals surface area contributed by atoms with E-state index >= 15 is 0 Å². The number of imidazole rings is 1. The quantitative estimate of drug-likeness (QED) is 0.724. The van der Waals surface area contributed by atoms with Crippen LogP contribution in [-0.4, -0.2) is 24.3 Å². The van der Waals surface area contributed by atoms with E-state index in [4.69, 9.17) is 0 Å². The van der Waals surface area contributed by atoms with Crippen molar-refractivity contribution in [3.8, 4) is 0 Å².